The lowest BCUT2D eigenvalue weighted by Gasteiger charge is -2.15. The van der Waals surface area contributed by atoms with Crippen LogP contribution in [0, 0.1) is 6.92 Å². The van der Waals surface area contributed by atoms with Crippen LogP contribution in [0.4, 0.5) is 5.82 Å². The van der Waals surface area contributed by atoms with Crippen molar-refractivity contribution >= 4 is 63.3 Å². The standard InChI is InChI=1S/C24H23ClN4O2S2/c1-3-4-11-26-21-17(22(30)28-13-15(2)9-10-20(28)27-21)12-19-23(31)29(24(32)33-19)14-16-7-5-6-8-18(16)25/h5-10,12-13,26H,3-4,11,14H2,1-2H3/b19-12+. The molecule has 1 aliphatic heterocycles. The van der Waals surface area contributed by atoms with Gasteiger partial charge in [0.25, 0.3) is 11.5 Å². The first-order valence-corrected chi connectivity index (χ1v) is 12.2. The number of unbranched alkanes of at least 4 members (excludes halogenated alkanes) is 1. The number of thiocarbonyl (C=S) groups is 1. The largest absolute Gasteiger partial charge is 0.369 e. The number of benzene rings is 1. The molecule has 1 amide bonds. The van der Waals surface area contributed by atoms with Crippen molar-refractivity contribution < 1.29 is 4.79 Å². The Labute approximate surface area is 206 Å². The van der Waals surface area contributed by atoms with E-state index < -0.39 is 0 Å². The van der Waals surface area contributed by atoms with Crippen molar-refractivity contribution in [2.45, 2.75) is 33.2 Å². The Balaban J connectivity index is 1.74. The van der Waals surface area contributed by atoms with Crippen LogP contribution < -0.4 is 10.9 Å². The summed E-state index contributed by atoms with van der Waals surface area (Å²) in [5.41, 5.74) is 2.40. The molecule has 1 saturated heterocycles. The Morgan fingerprint density at radius 3 is 2.76 bits per heavy atom. The Bertz CT molecular complexity index is 1340. The van der Waals surface area contributed by atoms with E-state index in [9.17, 15) is 9.59 Å². The zero-order chi connectivity index (χ0) is 23.5. The van der Waals surface area contributed by atoms with Gasteiger partial charge in [0, 0.05) is 17.8 Å². The maximum absolute atomic E-state index is 13.4. The van der Waals surface area contributed by atoms with Gasteiger partial charge >= 0.3 is 0 Å². The van der Waals surface area contributed by atoms with Crippen molar-refractivity contribution in [3.05, 3.63) is 79.6 Å². The number of carbonyl (C=O) groups excluding carboxylic acids is 1. The highest BCUT2D eigenvalue weighted by Crippen LogP contribution is 2.34. The Morgan fingerprint density at radius 1 is 1.21 bits per heavy atom. The van der Waals surface area contributed by atoms with Gasteiger partial charge in [-0.25, -0.2) is 4.98 Å². The second-order valence-corrected chi connectivity index (χ2v) is 9.84. The number of hydrogen-bond acceptors (Lipinski definition) is 6. The number of thioether (sulfide) groups is 1. The van der Waals surface area contributed by atoms with Crippen molar-refractivity contribution in [1.82, 2.24) is 14.3 Å². The number of carbonyl (C=O) groups is 1. The number of fused-ring (bicyclic) bond motifs is 1. The number of anilines is 1. The maximum atomic E-state index is 13.4. The molecule has 0 unspecified atom stereocenters. The average molecular weight is 499 g/mol. The lowest BCUT2D eigenvalue weighted by Crippen LogP contribution is -2.27. The number of nitrogens with zero attached hydrogens (tertiary/aromatic N) is 3. The van der Waals surface area contributed by atoms with Crippen LogP contribution in [-0.4, -0.2) is 31.1 Å². The minimum absolute atomic E-state index is 0.237. The van der Waals surface area contributed by atoms with E-state index in [0.29, 0.717) is 37.8 Å². The van der Waals surface area contributed by atoms with Crippen LogP contribution in [0.3, 0.4) is 0 Å². The molecule has 9 heteroatoms. The summed E-state index contributed by atoms with van der Waals surface area (Å²) in [5.74, 6) is 0.215. The molecule has 0 spiro atoms. The molecule has 170 valence electrons. The molecule has 0 radical (unpaired) electrons. The van der Waals surface area contributed by atoms with E-state index in [0.717, 1.165) is 24.0 Å². The highest BCUT2D eigenvalue weighted by Gasteiger charge is 2.33. The third-order valence-corrected chi connectivity index (χ3v) is 7.01. The van der Waals surface area contributed by atoms with Gasteiger partial charge in [-0.05, 0) is 42.7 Å². The van der Waals surface area contributed by atoms with Crippen molar-refractivity contribution in [1.29, 1.82) is 0 Å². The quantitative estimate of drug-likeness (QED) is 0.272. The predicted octanol–water partition coefficient (Wildman–Crippen LogP) is 5.27. The predicted molar refractivity (Wildman–Crippen MR) is 140 cm³/mol. The van der Waals surface area contributed by atoms with Crippen LogP contribution in [0.15, 0.2) is 52.3 Å². The van der Waals surface area contributed by atoms with Crippen LogP contribution in [0.2, 0.25) is 5.02 Å². The van der Waals surface area contributed by atoms with Crippen LogP contribution in [0.25, 0.3) is 11.7 Å². The average Bonchev–Trinajstić information content (AvgIpc) is 3.05. The molecule has 6 nitrogen and oxygen atoms in total. The summed E-state index contributed by atoms with van der Waals surface area (Å²) in [6, 6.07) is 11.1. The molecule has 0 saturated carbocycles. The van der Waals surface area contributed by atoms with Crippen LogP contribution in [-0.2, 0) is 11.3 Å². The minimum atomic E-state index is -0.252. The molecule has 1 N–H and O–H groups in total. The molecule has 1 aliphatic rings. The van der Waals surface area contributed by atoms with Gasteiger partial charge in [-0.15, -0.1) is 0 Å². The van der Waals surface area contributed by atoms with Crippen LogP contribution in [0.5, 0.6) is 0 Å². The second kappa shape index (κ2) is 10.1. The lowest BCUT2D eigenvalue weighted by molar-refractivity contribution is -0.122. The first kappa shape index (κ1) is 23.5. The normalized spacial score (nSPS) is 15.1. The third-order valence-electron chi connectivity index (χ3n) is 5.26. The first-order chi connectivity index (χ1) is 15.9. The minimum Gasteiger partial charge on any atom is -0.369 e. The lowest BCUT2D eigenvalue weighted by atomic mass is 10.2. The molecule has 0 bridgehead atoms. The topological polar surface area (TPSA) is 66.7 Å². The fourth-order valence-electron chi connectivity index (χ4n) is 3.47. The molecule has 0 atom stereocenters. The Morgan fingerprint density at radius 2 is 2.00 bits per heavy atom. The number of hydrogen-bond donors (Lipinski definition) is 1. The Kier molecular flexibility index (Phi) is 7.17. The number of pyridine rings is 1. The van der Waals surface area contributed by atoms with Gasteiger partial charge in [-0.3, -0.25) is 18.9 Å². The molecule has 33 heavy (non-hydrogen) atoms. The second-order valence-electron chi connectivity index (χ2n) is 7.75. The van der Waals surface area contributed by atoms with E-state index in [1.54, 1.807) is 18.3 Å². The third kappa shape index (κ3) is 4.98. The molecule has 2 aromatic heterocycles. The van der Waals surface area contributed by atoms with Crippen molar-refractivity contribution in [3.63, 3.8) is 0 Å². The molecule has 3 heterocycles. The molecule has 3 aromatic rings. The maximum Gasteiger partial charge on any atom is 0.267 e. The summed E-state index contributed by atoms with van der Waals surface area (Å²) in [4.78, 5) is 33.1. The van der Waals surface area contributed by atoms with Gasteiger partial charge in [0.2, 0.25) is 0 Å². The van der Waals surface area contributed by atoms with Gasteiger partial charge in [-0.1, -0.05) is 73.2 Å². The van der Waals surface area contributed by atoms with E-state index in [1.165, 1.54) is 21.1 Å². The highest BCUT2D eigenvalue weighted by atomic mass is 35.5. The van der Waals surface area contributed by atoms with Crippen molar-refractivity contribution in [2.75, 3.05) is 11.9 Å². The fraction of sp³-hybridized carbons (Fsp3) is 0.250. The molecular formula is C24H23ClN4O2S2. The zero-order valence-electron chi connectivity index (χ0n) is 18.3. The van der Waals surface area contributed by atoms with E-state index in [1.807, 2.05) is 37.3 Å². The van der Waals surface area contributed by atoms with Crippen molar-refractivity contribution in [2.24, 2.45) is 0 Å². The summed E-state index contributed by atoms with van der Waals surface area (Å²) >= 11 is 12.9. The molecular weight excluding hydrogens is 476 g/mol. The molecule has 1 fully saturated rings. The molecule has 4 rings (SSSR count). The Hall–Kier alpha value is -2.68. The van der Waals surface area contributed by atoms with Gasteiger partial charge in [-0.2, -0.15) is 0 Å². The van der Waals surface area contributed by atoms with Crippen molar-refractivity contribution in [3.8, 4) is 0 Å². The molecule has 0 aliphatic carbocycles. The fourth-order valence-corrected chi connectivity index (χ4v) is 4.90. The monoisotopic (exact) mass is 498 g/mol. The first-order valence-electron chi connectivity index (χ1n) is 10.6. The zero-order valence-corrected chi connectivity index (χ0v) is 20.7. The van der Waals surface area contributed by atoms with E-state index in [4.69, 9.17) is 23.8 Å². The number of rotatable bonds is 7. The van der Waals surface area contributed by atoms with Gasteiger partial charge in [0.05, 0.1) is 17.0 Å². The number of amides is 1. The van der Waals surface area contributed by atoms with Crippen LogP contribution >= 0.6 is 35.6 Å². The SMILES string of the molecule is CCCCNc1nc2ccc(C)cn2c(=O)c1/C=C1/SC(=S)N(Cc2ccccc2Cl)C1=O. The summed E-state index contributed by atoms with van der Waals surface area (Å²) in [6.45, 7) is 4.97. The smallest absolute Gasteiger partial charge is 0.267 e. The van der Waals surface area contributed by atoms with E-state index >= 15 is 0 Å². The van der Waals surface area contributed by atoms with Gasteiger partial charge < -0.3 is 5.32 Å². The summed E-state index contributed by atoms with van der Waals surface area (Å²) in [7, 11) is 0. The summed E-state index contributed by atoms with van der Waals surface area (Å²) < 4.78 is 1.94. The van der Waals surface area contributed by atoms with Gasteiger partial charge in [0.15, 0.2) is 0 Å². The number of halogens is 1. The van der Waals surface area contributed by atoms with E-state index in [2.05, 4.69) is 17.2 Å². The highest BCUT2D eigenvalue weighted by molar-refractivity contribution is 8.26. The van der Waals surface area contributed by atoms with E-state index in [-0.39, 0.29) is 18.0 Å². The van der Waals surface area contributed by atoms with Crippen LogP contribution in [0.1, 0.15) is 36.5 Å². The van der Waals surface area contributed by atoms with Gasteiger partial charge in [0.1, 0.15) is 15.8 Å². The summed E-state index contributed by atoms with van der Waals surface area (Å²) in [5, 5.41) is 3.84. The number of nitrogens with one attached hydrogen (secondary N) is 1. The molecule has 1 aromatic carbocycles. The number of aromatic nitrogens is 2. The number of aryl methyl sites for hydroxylation is 1. The summed E-state index contributed by atoms with van der Waals surface area (Å²) in [6.07, 6.45) is 5.30.